The number of nitrogens with zero attached hydrogens (tertiary/aromatic N) is 3. The van der Waals surface area contributed by atoms with Crippen LogP contribution in [0.4, 0.5) is 5.69 Å². The van der Waals surface area contributed by atoms with E-state index in [4.69, 9.17) is 0 Å². The van der Waals surface area contributed by atoms with Crippen LogP contribution in [0, 0.1) is 13.8 Å². The van der Waals surface area contributed by atoms with Crippen LogP contribution in [0.15, 0.2) is 67.1 Å². The lowest BCUT2D eigenvalue weighted by Crippen LogP contribution is -2.12. The van der Waals surface area contributed by atoms with Gasteiger partial charge in [0.05, 0.1) is 5.69 Å². The third-order valence-corrected chi connectivity index (χ3v) is 4.42. The monoisotopic (exact) mass is 342 g/mol. The van der Waals surface area contributed by atoms with Gasteiger partial charge in [-0.15, -0.1) is 0 Å². The third-order valence-electron chi connectivity index (χ3n) is 4.42. The molecule has 2 aromatic carbocycles. The highest BCUT2D eigenvalue weighted by molar-refractivity contribution is 6.04. The lowest BCUT2D eigenvalue weighted by molar-refractivity contribution is 0.102. The number of carbonyl (C=O) groups is 1. The van der Waals surface area contributed by atoms with Crippen LogP contribution in [0.1, 0.15) is 21.5 Å². The second kappa shape index (κ2) is 6.44. The Morgan fingerprint density at radius 3 is 2.73 bits per heavy atom. The summed E-state index contributed by atoms with van der Waals surface area (Å²) in [5.74, 6) is 0.522. The number of aromatic nitrogens is 3. The zero-order chi connectivity index (χ0) is 18.1. The van der Waals surface area contributed by atoms with E-state index in [-0.39, 0.29) is 5.91 Å². The predicted molar refractivity (Wildman–Crippen MR) is 102 cm³/mol. The topological polar surface area (TPSA) is 59.3 Å². The van der Waals surface area contributed by atoms with Crippen molar-refractivity contribution < 1.29 is 4.79 Å². The van der Waals surface area contributed by atoms with Gasteiger partial charge in [-0.25, -0.2) is 9.97 Å². The van der Waals surface area contributed by atoms with Crippen LogP contribution in [-0.2, 0) is 0 Å². The highest BCUT2D eigenvalue weighted by Crippen LogP contribution is 2.22. The van der Waals surface area contributed by atoms with Crippen LogP contribution in [0.3, 0.4) is 0 Å². The molecule has 2 heterocycles. The van der Waals surface area contributed by atoms with Crippen LogP contribution >= 0.6 is 0 Å². The summed E-state index contributed by atoms with van der Waals surface area (Å²) in [5.41, 5.74) is 5.39. The number of aryl methyl sites for hydroxylation is 2. The number of hydrogen-bond acceptors (Lipinski definition) is 3. The van der Waals surface area contributed by atoms with Gasteiger partial charge < -0.3 is 5.32 Å². The molecule has 5 nitrogen and oxygen atoms in total. The van der Waals surface area contributed by atoms with Gasteiger partial charge in [0.2, 0.25) is 5.78 Å². The Morgan fingerprint density at radius 2 is 1.92 bits per heavy atom. The van der Waals surface area contributed by atoms with Crippen molar-refractivity contribution in [2.75, 3.05) is 5.32 Å². The van der Waals surface area contributed by atoms with Gasteiger partial charge in [-0.05, 0) is 55.3 Å². The first-order chi connectivity index (χ1) is 12.6. The standard InChI is InChI=1S/C21H18N4O/c1-14-7-8-17(11-15(14)2)20(26)23-18-6-3-5-16(12-18)19-13-25-10-4-9-22-21(25)24-19/h3-13H,1-2H3,(H,23,26). The summed E-state index contributed by atoms with van der Waals surface area (Å²) in [5, 5.41) is 2.96. The Morgan fingerprint density at radius 1 is 1.04 bits per heavy atom. The number of nitrogens with one attached hydrogen (secondary N) is 1. The first kappa shape index (κ1) is 16.0. The van der Waals surface area contributed by atoms with E-state index in [0.29, 0.717) is 11.3 Å². The predicted octanol–water partition coefficient (Wildman–Crippen LogP) is 4.27. The SMILES string of the molecule is Cc1ccc(C(=O)Nc2cccc(-c3cn4cccnc4n3)c2)cc1C. The van der Waals surface area contributed by atoms with Gasteiger partial charge in [-0.2, -0.15) is 0 Å². The van der Waals surface area contributed by atoms with E-state index in [1.54, 1.807) is 6.20 Å². The van der Waals surface area contributed by atoms with E-state index in [2.05, 4.69) is 15.3 Å². The Kier molecular flexibility index (Phi) is 3.97. The van der Waals surface area contributed by atoms with Crippen molar-refractivity contribution in [3.63, 3.8) is 0 Å². The quantitative estimate of drug-likeness (QED) is 0.605. The Hall–Kier alpha value is -3.47. The molecule has 0 saturated heterocycles. The number of hydrogen-bond donors (Lipinski definition) is 1. The van der Waals surface area contributed by atoms with Crippen LogP contribution in [0.5, 0.6) is 0 Å². The van der Waals surface area contributed by atoms with Crippen molar-refractivity contribution in [3.05, 3.63) is 83.8 Å². The van der Waals surface area contributed by atoms with Crippen molar-refractivity contribution >= 4 is 17.4 Å². The number of carbonyl (C=O) groups excluding carboxylic acids is 1. The van der Waals surface area contributed by atoms with E-state index in [0.717, 1.165) is 22.5 Å². The maximum atomic E-state index is 12.5. The first-order valence-electron chi connectivity index (χ1n) is 8.39. The van der Waals surface area contributed by atoms with Gasteiger partial charge in [-0.3, -0.25) is 9.20 Å². The number of rotatable bonds is 3. The molecule has 4 aromatic rings. The van der Waals surface area contributed by atoms with Crippen LogP contribution < -0.4 is 5.32 Å². The average molecular weight is 342 g/mol. The summed E-state index contributed by atoms with van der Waals surface area (Å²) in [6.45, 7) is 4.04. The molecule has 0 bridgehead atoms. The maximum Gasteiger partial charge on any atom is 0.255 e. The van der Waals surface area contributed by atoms with Gasteiger partial charge in [0.1, 0.15) is 0 Å². The van der Waals surface area contributed by atoms with E-state index < -0.39 is 0 Å². The first-order valence-corrected chi connectivity index (χ1v) is 8.39. The Balaban J connectivity index is 1.61. The van der Waals surface area contributed by atoms with E-state index in [9.17, 15) is 4.79 Å². The van der Waals surface area contributed by atoms with Gasteiger partial charge in [0, 0.05) is 35.4 Å². The van der Waals surface area contributed by atoms with Crippen LogP contribution in [0.2, 0.25) is 0 Å². The van der Waals surface area contributed by atoms with Gasteiger partial charge in [-0.1, -0.05) is 18.2 Å². The molecule has 4 rings (SSSR count). The highest BCUT2D eigenvalue weighted by Gasteiger charge is 2.09. The summed E-state index contributed by atoms with van der Waals surface area (Å²) in [6, 6.07) is 15.2. The largest absolute Gasteiger partial charge is 0.322 e. The number of fused-ring (bicyclic) bond motifs is 1. The van der Waals surface area contributed by atoms with Crippen molar-refractivity contribution in [3.8, 4) is 11.3 Å². The molecule has 0 unspecified atom stereocenters. The van der Waals surface area contributed by atoms with Gasteiger partial charge >= 0.3 is 0 Å². The van der Waals surface area contributed by atoms with Crippen molar-refractivity contribution in [2.45, 2.75) is 13.8 Å². The van der Waals surface area contributed by atoms with Gasteiger partial charge in [0.25, 0.3) is 5.91 Å². The Bertz CT molecular complexity index is 1080. The fourth-order valence-corrected chi connectivity index (χ4v) is 2.81. The van der Waals surface area contributed by atoms with E-state index in [1.165, 1.54) is 5.56 Å². The fourth-order valence-electron chi connectivity index (χ4n) is 2.81. The summed E-state index contributed by atoms with van der Waals surface area (Å²) in [6.07, 6.45) is 5.54. The van der Waals surface area contributed by atoms with Crippen molar-refractivity contribution in [1.29, 1.82) is 0 Å². The molecule has 1 N–H and O–H groups in total. The molecule has 0 fully saturated rings. The second-order valence-corrected chi connectivity index (χ2v) is 6.29. The molecule has 0 atom stereocenters. The number of amides is 1. The molecule has 0 spiro atoms. The Labute approximate surface area is 151 Å². The van der Waals surface area contributed by atoms with Crippen LogP contribution in [-0.4, -0.2) is 20.3 Å². The normalized spacial score (nSPS) is 10.8. The lowest BCUT2D eigenvalue weighted by atomic mass is 10.1. The number of imidazole rings is 1. The average Bonchev–Trinajstić information content (AvgIpc) is 3.08. The molecule has 5 heteroatoms. The van der Waals surface area contributed by atoms with E-state index >= 15 is 0 Å². The van der Waals surface area contributed by atoms with Gasteiger partial charge in [0.15, 0.2) is 0 Å². The molecular formula is C21H18N4O. The molecule has 0 aliphatic carbocycles. The minimum absolute atomic E-state index is 0.123. The summed E-state index contributed by atoms with van der Waals surface area (Å²) in [7, 11) is 0. The minimum Gasteiger partial charge on any atom is -0.322 e. The highest BCUT2D eigenvalue weighted by atomic mass is 16.1. The second-order valence-electron chi connectivity index (χ2n) is 6.29. The molecule has 0 saturated carbocycles. The molecule has 2 aromatic heterocycles. The summed E-state index contributed by atoms with van der Waals surface area (Å²) in [4.78, 5) is 21.3. The number of benzene rings is 2. The molecule has 0 aliphatic heterocycles. The molecule has 0 radical (unpaired) electrons. The summed E-state index contributed by atoms with van der Waals surface area (Å²) < 4.78 is 1.87. The maximum absolute atomic E-state index is 12.5. The molecule has 0 aliphatic rings. The zero-order valence-corrected chi connectivity index (χ0v) is 14.6. The van der Waals surface area contributed by atoms with Crippen molar-refractivity contribution in [2.24, 2.45) is 0 Å². The third kappa shape index (κ3) is 3.07. The molecule has 1 amide bonds. The molecular weight excluding hydrogens is 324 g/mol. The fraction of sp³-hybridized carbons (Fsp3) is 0.0952. The van der Waals surface area contributed by atoms with Crippen LogP contribution in [0.25, 0.3) is 17.0 Å². The van der Waals surface area contributed by atoms with Crippen molar-refractivity contribution in [1.82, 2.24) is 14.4 Å². The molecule has 128 valence electrons. The van der Waals surface area contributed by atoms with E-state index in [1.807, 2.05) is 79.2 Å². The smallest absolute Gasteiger partial charge is 0.255 e. The lowest BCUT2D eigenvalue weighted by Gasteiger charge is -2.08. The molecule has 26 heavy (non-hydrogen) atoms. The zero-order valence-electron chi connectivity index (χ0n) is 14.6. The summed E-state index contributed by atoms with van der Waals surface area (Å²) >= 11 is 0. The number of anilines is 1. The minimum atomic E-state index is -0.123.